The number of allylic oxidation sites excluding steroid dienone is 2. The van der Waals surface area contributed by atoms with Crippen LogP contribution in [0.4, 0.5) is 10.1 Å². The van der Waals surface area contributed by atoms with E-state index in [-0.39, 0.29) is 11.9 Å². The second-order valence-corrected chi connectivity index (χ2v) is 6.38. The van der Waals surface area contributed by atoms with Crippen molar-refractivity contribution in [3.8, 4) is 5.75 Å². The van der Waals surface area contributed by atoms with Gasteiger partial charge in [0.1, 0.15) is 18.2 Å². The van der Waals surface area contributed by atoms with Gasteiger partial charge in [0.2, 0.25) is 0 Å². The van der Waals surface area contributed by atoms with Crippen molar-refractivity contribution in [3.63, 3.8) is 0 Å². The Hall–Kier alpha value is -2.55. The van der Waals surface area contributed by atoms with Crippen LogP contribution in [-0.2, 0) is 0 Å². The Labute approximate surface area is 141 Å². The number of hydrogen-bond donors (Lipinski definition) is 1. The van der Waals surface area contributed by atoms with Gasteiger partial charge in [0, 0.05) is 11.6 Å². The van der Waals surface area contributed by atoms with E-state index in [9.17, 15) is 4.39 Å². The number of nitrogens with one attached hydrogen (secondary N) is 1. The zero-order valence-corrected chi connectivity index (χ0v) is 13.4. The van der Waals surface area contributed by atoms with Crippen molar-refractivity contribution in [2.75, 3.05) is 11.9 Å². The van der Waals surface area contributed by atoms with Crippen molar-refractivity contribution in [2.24, 2.45) is 5.92 Å². The first-order valence-corrected chi connectivity index (χ1v) is 8.32. The van der Waals surface area contributed by atoms with Crippen LogP contribution in [-0.4, -0.2) is 6.61 Å². The van der Waals surface area contributed by atoms with E-state index in [2.05, 4.69) is 36.2 Å². The number of rotatable bonds is 4. The van der Waals surface area contributed by atoms with E-state index in [0.717, 1.165) is 23.4 Å². The molecule has 1 aliphatic heterocycles. The molecule has 2 aromatic carbocycles. The molecule has 24 heavy (non-hydrogen) atoms. The molecule has 0 spiro atoms. The molecule has 1 N–H and O–H groups in total. The highest BCUT2D eigenvalue weighted by Gasteiger charge is 2.37. The van der Waals surface area contributed by atoms with Gasteiger partial charge < -0.3 is 10.1 Å². The van der Waals surface area contributed by atoms with Crippen molar-refractivity contribution < 1.29 is 9.13 Å². The van der Waals surface area contributed by atoms with Crippen LogP contribution < -0.4 is 10.1 Å². The van der Waals surface area contributed by atoms with Crippen LogP contribution in [0.15, 0.2) is 67.3 Å². The van der Waals surface area contributed by atoms with Crippen molar-refractivity contribution in [3.05, 3.63) is 84.2 Å². The highest BCUT2D eigenvalue weighted by molar-refractivity contribution is 5.61. The Bertz CT molecular complexity index is 781. The van der Waals surface area contributed by atoms with Gasteiger partial charge in [-0.05, 0) is 53.8 Å². The Morgan fingerprint density at radius 2 is 2.04 bits per heavy atom. The van der Waals surface area contributed by atoms with Gasteiger partial charge in [-0.25, -0.2) is 4.39 Å². The van der Waals surface area contributed by atoms with E-state index < -0.39 is 0 Å². The van der Waals surface area contributed by atoms with E-state index >= 15 is 0 Å². The topological polar surface area (TPSA) is 21.3 Å². The number of halogens is 1. The maximum Gasteiger partial charge on any atom is 0.123 e. The summed E-state index contributed by atoms with van der Waals surface area (Å²) < 4.78 is 18.9. The predicted molar refractivity (Wildman–Crippen MR) is 94.9 cm³/mol. The molecule has 0 fully saturated rings. The Kier molecular flexibility index (Phi) is 3.85. The molecule has 4 rings (SSSR count). The van der Waals surface area contributed by atoms with E-state index in [4.69, 9.17) is 4.74 Å². The lowest BCUT2D eigenvalue weighted by atomic mass is 9.77. The molecule has 0 aromatic heterocycles. The summed E-state index contributed by atoms with van der Waals surface area (Å²) in [5, 5.41) is 3.65. The molecule has 3 atom stereocenters. The maximum atomic E-state index is 13.3. The number of hydrogen-bond acceptors (Lipinski definition) is 2. The van der Waals surface area contributed by atoms with Crippen molar-refractivity contribution in [1.82, 2.24) is 0 Å². The zero-order valence-electron chi connectivity index (χ0n) is 13.4. The number of anilines is 1. The summed E-state index contributed by atoms with van der Waals surface area (Å²) in [7, 11) is 0. The molecule has 122 valence electrons. The number of fused-ring (bicyclic) bond motifs is 3. The molecule has 0 amide bonds. The zero-order chi connectivity index (χ0) is 16.5. The van der Waals surface area contributed by atoms with Crippen LogP contribution in [0.5, 0.6) is 5.75 Å². The summed E-state index contributed by atoms with van der Waals surface area (Å²) in [4.78, 5) is 0. The molecule has 0 bridgehead atoms. The van der Waals surface area contributed by atoms with E-state index in [1.165, 1.54) is 17.7 Å². The monoisotopic (exact) mass is 321 g/mol. The van der Waals surface area contributed by atoms with Gasteiger partial charge in [-0.1, -0.05) is 36.9 Å². The standard InChI is InChI=1S/C21H20FNO/c1-2-12-24-16-10-11-20-19(13-16)17-4-3-5-18(17)21(23-20)14-6-8-15(22)9-7-14/h2-4,6-11,13,17-18,21,23H,1,5,12H2. The second kappa shape index (κ2) is 6.16. The average Bonchev–Trinajstić information content (AvgIpc) is 3.10. The van der Waals surface area contributed by atoms with Gasteiger partial charge in [-0.15, -0.1) is 0 Å². The first-order chi connectivity index (χ1) is 11.8. The molecule has 2 nitrogen and oxygen atoms in total. The van der Waals surface area contributed by atoms with Crippen LogP contribution in [0.2, 0.25) is 0 Å². The molecule has 0 radical (unpaired) electrons. The van der Waals surface area contributed by atoms with E-state index in [0.29, 0.717) is 18.4 Å². The maximum absolute atomic E-state index is 13.3. The molecule has 2 aliphatic rings. The molecule has 0 saturated carbocycles. The van der Waals surface area contributed by atoms with Crippen LogP contribution in [0.1, 0.15) is 29.5 Å². The predicted octanol–water partition coefficient (Wildman–Crippen LogP) is 5.22. The first kappa shape index (κ1) is 15.0. The quantitative estimate of drug-likeness (QED) is 0.780. The van der Waals surface area contributed by atoms with Crippen LogP contribution in [0, 0.1) is 11.7 Å². The third kappa shape index (κ3) is 2.60. The van der Waals surface area contributed by atoms with Crippen LogP contribution in [0.3, 0.4) is 0 Å². The summed E-state index contributed by atoms with van der Waals surface area (Å²) >= 11 is 0. The normalized spacial score (nSPS) is 24.0. The molecular weight excluding hydrogens is 301 g/mol. The Morgan fingerprint density at radius 3 is 2.83 bits per heavy atom. The van der Waals surface area contributed by atoms with Crippen LogP contribution in [0.25, 0.3) is 0 Å². The lowest BCUT2D eigenvalue weighted by molar-refractivity contribution is 0.361. The summed E-state index contributed by atoms with van der Waals surface area (Å²) in [6.07, 6.45) is 7.31. The van der Waals surface area contributed by atoms with E-state index in [1.54, 1.807) is 6.08 Å². The van der Waals surface area contributed by atoms with Gasteiger partial charge in [0.25, 0.3) is 0 Å². The first-order valence-electron chi connectivity index (χ1n) is 8.32. The fourth-order valence-electron chi connectivity index (χ4n) is 3.82. The molecule has 1 aliphatic carbocycles. The minimum absolute atomic E-state index is 0.193. The summed E-state index contributed by atoms with van der Waals surface area (Å²) in [5.41, 5.74) is 3.53. The van der Waals surface area contributed by atoms with Crippen LogP contribution >= 0.6 is 0 Å². The average molecular weight is 321 g/mol. The molecule has 0 saturated heterocycles. The van der Waals surface area contributed by atoms with Gasteiger partial charge in [-0.2, -0.15) is 0 Å². The minimum atomic E-state index is -0.194. The Morgan fingerprint density at radius 1 is 1.21 bits per heavy atom. The lowest BCUT2D eigenvalue weighted by Gasteiger charge is -2.37. The summed E-state index contributed by atoms with van der Waals surface area (Å²) in [6.45, 7) is 4.20. The highest BCUT2D eigenvalue weighted by Crippen LogP contribution is 2.50. The minimum Gasteiger partial charge on any atom is -0.490 e. The van der Waals surface area contributed by atoms with Gasteiger partial charge in [-0.3, -0.25) is 0 Å². The second-order valence-electron chi connectivity index (χ2n) is 6.38. The number of ether oxygens (including phenoxy) is 1. The van der Waals surface area contributed by atoms with Gasteiger partial charge in [0.05, 0.1) is 6.04 Å². The fraction of sp³-hybridized carbons (Fsp3) is 0.238. The molecule has 1 heterocycles. The molecule has 3 heteroatoms. The van der Waals surface area contributed by atoms with Crippen molar-refractivity contribution in [1.29, 1.82) is 0 Å². The highest BCUT2D eigenvalue weighted by atomic mass is 19.1. The van der Waals surface area contributed by atoms with E-state index in [1.807, 2.05) is 18.2 Å². The third-order valence-electron chi connectivity index (χ3n) is 4.93. The molecular formula is C21H20FNO. The molecule has 2 aromatic rings. The summed E-state index contributed by atoms with van der Waals surface area (Å²) in [5.74, 6) is 1.48. The third-order valence-corrected chi connectivity index (χ3v) is 4.93. The summed E-state index contributed by atoms with van der Waals surface area (Å²) in [6, 6.07) is 13.2. The van der Waals surface area contributed by atoms with Crippen molar-refractivity contribution >= 4 is 5.69 Å². The Balaban J connectivity index is 1.69. The molecule has 3 unspecified atom stereocenters. The van der Waals surface area contributed by atoms with Crippen molar-refractivity contribution in [2.45, 2.75) is 18.4 Å². The lowest BCUT2D eigenvalue weighted by Crippen LogP contribution is -2.29. The smallest absolute Gasteiger partial charge is 0.123 e. The SMILES string of the molecule is C=CCOc1ccc2c(c1)C1C=CCC1C(c1ccc(F)cc1)N2. The fourth-order valence-corrected chi connectivity index (χ4v) is 3.82. The van der Waals surface area contributed by atoms with Gasteiger partial charge >= 0.3 is 0 Å². The number of benzene rings is 2. The largest absolute Gasteiger partial charge is 0.490 e. The van der Waals surface area contributed by atoms with Gasteiger partial charge in [0.15, 0.2) is 0 Å².